The van der Waals surface area contributed by atoms with Gasteiger partial charge in [0.05, 0.1) is 12.2 Å². The normalized spacial score (nSPS) is 42.0. The zero-order chi connectivity index (χ0) is 10.3. The molecule has 0 saturated carbocycles. The molecule has 3 unspecified atom stereocenters. The molecule has 0 spiro atoms. The third-order valence-corrected chi connectivity index (χ3v) is 1.96. The number of hydrogen-bond acceptors (Lipinski definition) is 3. The molecule has 0 radical (unpaired) electrons. The van der Waals surface area contributed by atoms with E-state index in [1.54, 1.807) is 0 Å². The molecule has 3 atom stereocenters. The van der Waals surface area contributed by atoms with Gasteiger partial charge >= 0.3 is 6.18 Å². The largest absolute Gasteiger partial charge is 0.443 e. The van der Waals surface area contributed by atoms with Gasteiger partial charge in [-0.05, 0) is 13.3 Å². The maximum atomic E-state index is 12.2. The molecule has 1 fully saturated rings. The summed E-state index contributed by atoms with van der Waals surface area (Å²) in [5.74, 6) is -3.19. The van der Waals surface area contributed by atoms with E-state index in [1.165, 1.54) is 6.92 Å². The molecule has 1 heterocycles. The third kappa shape index (κ3) is 2.12. The van der Waals surface area contributed by atoms with Crippen molar-refractivity contribution in [3.8, 4) is 0 Å². The van der Waals surface area contributed by atoms with E-state index >= 15 is 0 Å². The van der Waals surface area contributed by atoms with Crippen molar-refractivity contribution < 1.29 is 28.1 Å². The maximum absolute atomic E-state index is 12.2. The Balaban J connectivity index is 2.78. The van der Waals surface area contributed by atoms with Gasteiger partial charge in [-0.15, -0.1) is 0 Å². The minimum atomic E-state index is -4.86. The van der Waals surface area contributed by atoms with E-state index < -0.39 is 30.6 Å². The van der Waals surface area contributed by atoms with Gasteiger partial charge in [-0.25, -0.2) is 0 Å². The van der Waals surface area contributed by atoms with Gasteiger partial charge in [0, 0.05) is 6.42 Å². The number of rotatable bonds is 0. The van der Waals surface area contributed by atoms with Crippen molar-refractivity contribution in [2.75, 3.05) is 0 Å². The summed E-state index contributed by atoms with van der Waals surface area (Å²) in [5, 5.41) is 18.1. The minimum absolute atomic E-state index is 0.110. The van der Waals surface area contributed by atoms with Crippen molar-refractivity contribution in [2.24, 2.45) is 0 Å². The number of halogens is 3. The zero-order valence-electron chi connectivity index (χ0n) is 7.01. The van der Waals surface area contributed by atoms with Crippen LogP contribution in [0.2, 0.25) is 0 Å². The first-order chi connectivity index (χ1) is 5.74. The van der Waals surface area contributed by atoms with Gasteiger partial charge in [0.1, 0.15) is 0 Å². The first-order valence-corrected chi connectivity index (χ1v) is 3.89. The minimum Gasteiger partial charge on any atom is -0.393 e. The summed E-state index contributed by atoms with van der Waals surface area (Å²) < 4.78 is 40.9. The molecule has 78 valence electrons. The molecular formula is C7H11F3O3. The number of hydrogen-bond donors (Lipinski definition) is 2. The fraction of sp³-hybridized carbons (Fsp3) is 1.00. The van der Waals surface area contributed by atoms with Crippen LogP contribution in [-0.4, -0.2) is 34.4 Å². The van der Waals surface area contributed by atoms with Gasteiger partial charge < -0.3 is 14.9 Å². The molecule has 0 aromatic heterocycles. The van der Waals surface area contributed by atoms with Gasteiger partial charge in [-0.3, -0.25) is 0 Å². The molecule has 13 heavy (non-hydrogen) atoms. The summed E-state index contributed by atoms with van der Waals surface area (Å²) in [4.78, 5) is 0. The van der Waals surface area contributed by atoms with Gasteiger partial charge in [0.25, 0.3) is 5.79 Å². The second kappa shape index (κ2) is 3.11. The molecule has 0 aromatic carbocycles. The lowest BCUT2D eigenvalue weighted by molar-refractivity contribution is -0.395. The highest BCUT2D eigenvalue weighted by atomic mass is 19.4. The molecule has 0 aromatic rings. The van der Waals surface area contributed by atoms with E-state index in [0.29, 0.717) is 0 Å². The van der Waals surface area contributed by atoms with E-state index in [4.69, 9.17) is 10.2 Å². The van der Waals surface area contributed by atoms with E-state index in [1.807, 2.05) is 0 Å². The first-order valence-electron chi connectivity index (χ1n) is 3.89. The summed E-state index contributed by atoms with van der Waals surface area (Å²) in [6, 6.07) is 0. The smallest absolute Gasteiger partial charge is 0.393 e. The Hall–Kier alpha value is -0.330. The van der Waals surface area contributed by atoms with Gasteiger partial charge in [-0.2, -0.15) is 13.2 Å². The van der Waals surface area contributed by atoms with Crippen molar-refractivity contribution in [3.05, 3.63) is 0 Å². The Labute approximate surface area is 73.1 Å². The highest BCUT2D eigenvalue weighted by molar-refractivity contribution is 4.86. The van der Waals surface area contributed by atoms with Crippen LogP contribution in [0.4, 0.5) is 13.2 Å². The molecule has 1 rings (SSSR count). The molecule has 2 N–H and O–H groups in total. The molecule has 1 aliphatic rings. The van der Waals surface area contributed by atoms with Crippen LogP contribution in [0.5, 0.6) is 0 Å². The highest BCUT2D eigenvalue weighted by Gasteiger charge is 2.58. The van der Waals surface area contributed by atoms with Crippen LogP contribution in [-0.2, 0) is 4.74 Å². The van der Waals surface area contributed by atoms with Crippen molar-refractivity contribution in [2.45, 2.75) is 43.9 Å². The summed E-state index contributed by atoms with van der Waals surface area (Å²) in [7, 11) is 0. The Morgan fingerprint density at radius 3 is 2.38 bits per heavy atom. The lowest BCUT2D eigenvalue weighted by Gasteiger charge is -2.39. The Morgan fingerprint density at radius 2 is 2.00 bits per heavy atom. The lowest BCUT2D eigenvalue weighted by atomic mass is 9.99. The molecular weight excluding hydrogens is 189 g/mol. The lowest BCUT2D eigenvalue weighted by Crippen LogP contribution is -2.55. The molecule has 6 heteroatoms. The predicted octanol–water partition coefficient (Wildman–Crippen LogP) is 0.797. The van der Waals surface area contributed by atoms with Crippen molar-refractivity contribution in [1.29, 1.82) is 0 Å². The third-order valence-electron chi connectivity index (χ3n) is 1.96. The Bertz CT molecular complexity index is 182. The van der Waals surface area contributed by atoms with Crippen LogP contribution in [0.1, 0.15) is 19.8 Å². The summed E-state index contributed by atoms with van der Waals surface area (Å²) in [6.45, 7) is 1.37. The molecule has 1 saturated heterocycles. The molecule has 1 aliphatic heterocycles. The summed E-state index contributed by atoms with van der Waals surface area (Å²) >= 11 is 0. The molecule has 0 amide bonds. The number of aliphatic hydroxyl groups excluding tert-OH is 1. The average Bonchev–Trinajstić information content (AvgIpc) is 1.79. The zero-order valence-corrected chi connectivity index (χ0v) is 7.01. The molecule has 3 nitrogen and oxygen atoms in total. The fourth-order valence-electron chi connectivity index (χ4n) is 1.40. The van der Waals surface area contributed by atoms with Crippen molar-refractivity contribution in [3.63, 3.8) is 0 Å². The fourth-order valence-corrected chi connectivity index (χ4v) is 1.40. The van der Waals surface area contributed by atoms with E-state index in [-0.39, 0.29) is 6.42 Å². The van der Waals surface area contributed by atoms with Crippen LogP contribution in [0.15, 0.2) is 0 Å². The summed E-state index contributed by atoms with van der Waals surface area (Å²) in [6.07, 6.45) is -7.53. The first kappa shape index (κ1) is 10.7. The average molecular weight is 200 g/mol. The number of ether oxygens (including phenoxy) is 1. The van der Waals surface area contributed by atoms with Crippen LogP contribution < -0.4 is 0 Å². The van der Waals surface area contributed by atoms with Gasteiger partial charge in [-0.1, -0.05) is 0 Å². The van der Waals surface area contributed by atoms with Gasteiger partial charge in [0.15, 0.2) is 0 Å². The Morgan fingerprint density at radius 1 is 1.46 bits per heavy atom. The SMILES string of the molecule is CC1CC(O)CC(O)(C(F)(F)F)O1. The quantitative estimate of drug-likeness (QED) is 0.608. The second-order valence-corrected chi connectivity index (χ2v) is 3.30. The van der Waals surface area contributed by atoms with Crippen LogP contribution >= 0.6 is 0 Å². The van der Waals surface area contributed by atoms with Crippen molar-refractivity contribution >= 4 is 0 Å². The highest BCUT2D eigenvalue weighted by Crippen LogP contribution is 2.39. The topological polar surface area (TPSA) is 49.7 Å². The van der Waals surface area contributed by atoms with Gasteiger partial charge in [0.2, 0.25) is 0 Å². The summed E-state index contributed by atoms with van der Waals surface area (Å²) in [5.41, 5.74) is 0. The van der Waals surface area contributed by atoms with E-state index in [0.717, 1.165) is 0 Å². The van der Waals surface area contributed by atoms with Crippen LogP contribution in [0, 0.1) is 0 Å². The number of alkyl halides is 3. The van der Waals surface area contributed by atoms with Crippen molar-refractivity contribution in [1.82, 2.24) is 0 Å². The predicted molar refractivity (Wildman–Crippen MR) is 36.8 cm³/mol. The molecule has 0 bridgehead atoms. The number of aliphatic hydroxyl groups is 2. The van der Waals surface area contributed by atoms with E-state index in [2.05, 4.69) is 4.74 Å². The monoisotopic (exact) mass is 200 g/mol. The standard InChI is InChI=1S/C7H11F3O3/c1-4-2-5(11)3-6(12,13-4)7(8,9)10/h4-5,11-12H,2-3H2,1H3. The van der Waals surface area contributed by atoms with E-state index in [9.17, 15) is 13.2 Å². The second-order valence-electron chi connectivity index (χ2n) is 3.30. The van der Waals surface area contributed by atoms with Crippen LogP contribution in [0.3, 0.4) is 0 Å². The van der Waals surface area contributed by atoms with Crippen LogP contribution in [0.25, 0.3) is 0 Å². The maximum Gasteiger partial charge on any atom is 0.443 e. The molecule has 0 aliphatic carbocycles. The Kier molecular flexibility index (Phi) is 2.57.